The Labute approximate surface area is 156 Å². The molecule has 0 fully saturated rings. The second kappa shape index (κ2) is 8.33. The summed E-state index contributed by atoms with van der Waals surface area (Å²) in [5.41, 5.74) is 0. The molecule has 0 N–H and O–H groups in total. The average molecular weight is 399 g/mol. The van der Waals surface area contributed by atoms with Crippen LogP contribution in [-0.4, -0.2) is 27.3 Å². The molecule has 10 heteroatoms. The van der Waals surface area contributed by atoms with Crippen molar-refractivity contribution in [2.45, 2.75) is 18.2 Å². The van der Waals surface area contributed by atoms with Gasteiger partial charge in [0.1, 0.15) is 23.9 Å². The van der Waals surface area contributed by atoms with Crippen LogP contribution in [0.3, 0.4) is 0 Å². The van der Waals surface area contributed by atoms with E-state index >= 15 is 0 Å². The van der Waals surface area contributed by atoms with Gasteiger partial charge in [-0.3, -0.25) is 0 Å². The molecule has 0 bridgehead atoms. The third-order valence-corrected chi connectivity index (χ3v) is 4.03. The van der Waals surface area contributed by atoms with Crippen molar-refractivity contribution in [3.8, 4) is 5.75 Å². The topological polar surface area (TPSA) is 65.4 Å². The summed E-state index contributed by atoms with van der Waals surface area (Å²) in [6, 6.07) is 10.4. The third kappa shape index (κ3) is 4.41. The van der Waals surface area contributed by atoms with Crippen molar-refractivity contribution >= 4 is 29.6 Å². The number of nitrogens with zero attached hydrogens (tertiary/aromatic N) is 4. The predicted molar refractivity (Wildman–Crippen MR) is 94.2 cm³/mol. The van der Waals surface area contributed by atoms with Gasteiger partial charge in [-0.15, -0.1) is 10.2 Å². The first-order valence-corrected chi connectivity index (χ1v) is 8.96. The molecule has 0 amide bonds. The summed E-state index contributed by atoms with van der Waals surface area (Å²) in [6.07, 6.45) is 0.236. The molecule has 2 aromatic heterocycles. The summed E-state index contributed by atoms with van der Waals surface area (Å²) in [5.74, 6) is 1.02. The minimum Gasteiger partial charge on any atom is -0.486 e. The number of halogens is 3. The average Bonchev–Trinajstić information content (AvgIpc) is 3.24. The van der Waals surface area contributed by atoms with Crippen LogP contribution in [-0.2, 0) is 6.61 Å². The van der Waals surface area contributed by atoms with Gasteiger partial charge in [-0.25, -0.2) is 8.78 Å². The molecule has 0 aliphatic rings. The Morgan fingerprint density at radius 3 is 2.92 bits per heavy atom. The zero-order valence-electron chi connectivity index (χ0n) is 13.5. The lowest BCUT2D eigenvalue weighted by Gasteiger charge is -2.04. The van der Waals surface area contributed by atoms with Gasteiger partial charge in [0.15, 0.2) is 0 Å². The highest BCUT2D eigenvalue weighted by Gasteiger charge is 2.19. The number of thioether (sulfide) groups is 1. The van der Waals surface area contributed by atoms with Gasteiger partial charge in [-0.2, -0.15) is 9.78 Å². The minimum absolute atomic E-state index is 0.194. The van der Waals surface area contributed by atoms with E-state index in [0.29, 0.717) is 22.3 Å². The molecule has 0 radical (unpaired) electrons. The van der Waals surface area contributed by atoms with Gasteiger partial charge >= 0.3 is 0 Å². The van der Waals surface area contributed by atoms with E-state index in [9.17, 15) is 8.78 Å². The van der Waals surface area contributed by atoms with E-state index in [1.54, 1.807) is 42.7 Å². The van der Waals surface area contributed by atoms with Crippen molar-refractivity contribution in [1.29, 1.82) is 0 Å². The number of hydrogen-bond acceptors (Lipinski definition) is 6. The molecule has 26 heavy (non-hydrogen) atoms. The van der Waals surface area contributed by atoms with Gasteiger partial charge in [-0.1, -0.05) is 29.4 Å². The van der Waals surface area contributed by atoms with Gasteiger partial charge in [-0.05, 0) is 36.6 Å². The fraction of sp³-hybridized carbons (Fsp3) is 0.188. The van der Waals surface area contributed by atoms with E-state index in [0.717, 1.165) is 16.4 Å². The van der Waals surface area contributed by atoms with Gasteiger partial charge < -0.3 is 9.15 Å². The minimum atomic E-state index is -2.78. The van der Waals surface area contributed by atoms with Crippen molar-refractivity contribution in [2.75, 3.05) is 6.26 Å². The third-order valence-electron chi connectivity index (χ3n) is 3.17. The number of hydrogen-bond donors (Lipinski definition) is 0. The molecular weight excluding hydrogens is 386 g/mol. The number of aromatic nitrogens is 3. The van der Waals surface area contributed by atoms with Crippen molar-refractivity contribution in [3.63, 3.8) is 0 Å². The van der Waals surface area contributed by atoms with E-state index in [1.807, 2.05) is 0 Å². The first-order valence-electron chi connectivity index (χ1n) is 7.35. The van der Waals surface area contributed by atoms with Crippen LogP contribution < -0.4 is 4.74 Å². The molecule has 2 heterocycles. The number of furan rings is 1. The van der Waals surface area contributed by atoms with Crippen LogP contribution in [0.25, 0.3) is 0 Å². The Morgan fingerprint density at radius 1 is 1.35 bits per heavy atom. The molecule has 0 saturated heterocycles. The summed E-state index contributed by atoms with van der Waals surface area (Å²) in [6.45, 7) is 0.194. The van der Waals surface area contributed by atoms with Gasteiger partial charge in [0.2, 0.25) is 11.0 Å². The quantitative estimate of drug-likeness (QED) is 0.428. The SMILES string of the molecule is CSc1nnc(C(F)F)n1N=Cc1ccc(COc2cccc(Cl)c2)o1. The van der Waals surface area contributed by atoms with Crippen LogP contribution in [0.1, 0.15) is 23.8 Å². The maximum Gasteiger partial charge on any atom is 0.299 e. The molecule has 0 atom stereocenters. The Kier molecular flexibility index (Phi) is 5.89. The van der Waals surface area contributed by atoms with E-state index in [1.165, 1.54) is 6.21 Å². The first kappa shape index (κ1) is 18.4. The summed E-state index contributed by atoms with van der Waals surface area (Å²) in [5, 5.41) is 11.9. The van der Waals surface area contributed by atoms with Crippen LogP contribution in [0.15, 0.2) is 51.1 Å². The second-order valence-electron chi connectivity index (χ2n) is 4.95. The fourth-order valence-electron chi connectivity index (χ4n) is 2.02. The van der Waals surface area contributed by atoms with E-state index in [4.69, 9.17) is 20.8 Å². The van der Waals surface area contributed by atoms with Crippen LogP contribution in [0, 0.1) is 0 Å². The number of benzene rings is 1. The molecule has 136 valence electrons. The second-order valence-corrected chi connectivity index (χ2v) is 6.16. The molecule has 0 spiro atoms. The molecule has 0 aliphatic heterocycles. The highest BCUT2D eigenvalue weighted by atomic mass is 35.5. The lowest BCUT2D eigenvalue weighted by molar-refractivity contribution is 0.135. The van der Waals surface area contributed by atoms with Crippen molar-refractivity contribution < 1.29 is 17.9 Å². The smallest absolute Gasteiger partial charge is 0.299 e. The largest absolute Gasteiger partial charge is 0.486 e. The van der Waals surface area contributed by atoms with Crippen molar-refractivity contribution in [1.82, 2.24) is 14.9 Å². The standard InChI is InChI=1S/C16H13ClF2N4O2S/c1-26-16-22-21-15(14(18)19)23(16)20-8-12-5-6-13(25-12)9-24-11-4-2-3-10(17)7-11/h2-8,14H,9H2,1H3. The normalized spacial score (nSPS) is 11.6. The Hall–Kier alpha value is -2.39. The maximum atomic E-state index is 12.9. The fourth-order valence-corrected chi connectivity index (χ4v) is 2.63. The highest BCUT2D eigenvalue weighted by Crippen LogP contribution is 2.22. The predicted octanol–water partition coefficient (Wildman–Crippen LogP) is 4.65. The molecule has 1 aromatic carbocycles. The van der Waals surface area contributed by atoms with Crippen molar-refractivity contribution in [3.05, 3.63) is 58.8 Å². The highest BCUT2D eigenvalue weighted by molar-refractivity contribution is 7.98. The molecule has 0 unspecified atom stereocenters. The van der Waals surface area contributed by atoms with Crippen LogP contribution in [0.2, 0.25) is 5.02 Å². The lowest BCUT2D eigenvalue weighted by atomic mass is 10.3. The monoisotopic (exact) mass is 398 g/mol. The van der Waals surface area contributed by atoms with E-state index in [-0.39, 0.29) is 11.8 Å². The zero-order chi connectivity index (χ0) is 18.5. The molecular formula is C16H13ClF2N4O2S. The Morgan fingerprint density at radius 2 is 2.19 bits per heavy atom. The van der Waals surface area contributed by atoms with E-state index in [2.05, 4.69) is 15.3 Å². The zero-order valence-corrected chi connectivity index (χ0v) is 15.0. The number of rotatable bonds is 7. The summed E-state index contributed by atoms with van der Waals surface area (Å²) in [4.78, 5) is 0. The summed E-state index contributed by atoms with van der Waals surface area (Å²) >= 11 is 7.05. The number of ether oxygens (including phenoxy) is 1. The first-order chi connectivity index (χ1) is 12.6. The summed E-state index contributed by atoms with van der Waals surface area (Å²) in [7, 11) is 0. The van der Waals surface area contributed by atoms with Gasteiger partial charge in [0, 0.05) is 5.02 Å². The molecule has 3 aromatic rings. The number of alkyl halides is 2. The molecule has 0 saturated carbocycles. The maximum absolute atomic E-state index is 12.9. The van der Waals surface area contributed by atoms with Gasteiger partial charge in [0.05, 0.1) is 6.21 Å². The molecule has 3 rings (SSSR count). The van der Waals surface area contributed by atoms with Crippen LogP contribution in [0.4, 0.5) is 8.78 Å². The van der Waals surface area contributed by atoms with Crippen LogP contribution >= 0.6 is 23.4 Å². The Balaban J connectivity index is 1.69. The van der Waals surface area contributed by atoms with E-state index < -0.39 is 12.2 Å². The molecule has 6 nitrogen and oxygen atoms in total. The summed E-state index contributed by atoms with van der Waals surface area (Å²) < 4.78 is 38.0. The lowest BCUT2D eigenvalue weighted by Crippen LogP contribution is -2.00. The van der Waals surface area contributed by atoms with Crippen molar-refractivity contribution in [2.24, 2.45) is 5.10 Å². The van der Waals surface area contributed by atoms with Gasteiger partial charge in [0.25, 0.3) is 6.43 Å². The molecule has 0 aliphatic carbocycles. The van der Waals surface area contributed by atoms with Crippen LogP contribution in [0.5, 0.6) is 5.75 Å². The Bertz CT molecular complexity index is 913.